The van der Waals surface area contributed by atoms with Crippen LogP contribution in [-0.2, 0) is 6.42 Å². The van der Waals surface area contributed by atoms with Crippen molar-refractivity contribution >= 4 is 17.4 Å². The van der Waals surface area contributed by atoms with Gasteiger partial charge in [0.25, 0.3) is 5.89 Å². The van der Waals surface area contributed by atoms with E-state index < -0.39 is 0 Å². The van der Waals surface area contributed by atoms with Crippen LogP contribution in [0.1, 0.15) is 17.4 Å². The predicted molar refractivity (Wildman–Crippen MR) is 84.6 cm³/mol. The third kappa shape index (κ3) is 2.42. The van der Waals surface area contributed by atoms with E-state index >= 15 is 0 Å². The second-order valence-corrected chi connectivity index (χ2v) is 6.73. The number of thioether (sulfide) groups is 1. The summed E-state index contributed by atoms with van der Waals surface area (Å²) in [5.74, 6) is 3.64. The molecule has 2 aliphatic rings. The quantitative estimate of drug-likeness (QED) is 0.919. The summed E-state index contributed by atoms with van der Waals surface area (Å²) in [5, 5.41) is 7.57. The first-order valence-electron chi connectivity index (χ1n) is 7.30. The van der Waals surface area contributed by atoms with Crippen molar-refractivity contribution in [3.8, 4) is 11.5 Å². The SMILES string of the molecule is CN1CCSCC1c1noc(-c2ccc3c(c2)CCN3)n1. The molecule has 2 aliphatic heterocycles. The van der Waals surface area contributed by atoms with Gasteiger partial charge in [0, 0.05) is 35.8 Å². The highest BCUT2D eigenvalue weighted by molar-refractivity contribution is 7.99. The van der Waals surface area contributed by atoms with Crippen molar-refractivity contribution in [2.45, 2.75) is 12.5 Å². The van der Waals surface area contributed by atoms with Crippen LogP contribution in [0.15, 0.2) is 22.7 Å². The Balaban J connectivity index is 1.62. The summed E-state index contributed by atoms with van der Waals surface area (Å²) in [6, 6.07) is 6.57. The molecule has 110 valence electrons. The van der Waals surface area contributed by atoms with Gasteiger partial charge in [-0.25, -0.2) is 0 Å². The van der Waals surface area contributed by atoms with Crippen molar-refractivity contribution in [2.24, 2.45) is 0 Å². The lowest BCUT2D eigenvalue weighted by molar-refractivity contribution is 0.257. The van der Waals surface area contributed by atoms with E-state index in [1.165, 1.54) is 17.0 Å². The molecule has 0 bridgehead atoms. The Bertz CT molecular complexity index is 657. The molecule has 5 nitrogen and oxygen atoms in total. The lowest BCUT2D eigenvalue weighted by atomic mass is 10.1. The second kappa shape index (κ2) is 5.35. The molecule has 4 rings (SSSR count). The normalized spacial score (nSPS) is 22.0. The molecule has 0 amide bonds. The molecular formula is C15H18N4OS. The van der Waals surface area contributed by atoms with Crippen molar-refractivity contribution in [2.75, 3.05) is 37.0 Å². The Labute approximate surface area is 128 Å². The maximum atomic E-state index is 5.49. The van der Waals surface area contributed by atoms with Gasteiger partial charge >= 0.3 is 0 Å². The van der Waals surface area contributed by atoms with E-state index in [0.717, 1.165) is 36.7 Å². The minimum Gasteiger partial charge on any atom is -0.384 e. The van der Waals surface area contributed by atoms with E-state index in [0.29, 0.717) is 5.89 Å². The summed E-state index contributed by atoms with van der Waals surface area (Å²) in [6.07, 6.45) is 1.06. The largest absolute Gasteiger partial charge is 0.384 e. The van der Waals surface area contributed by atoms with Crippen LogP contribution in [-0.4, -0.2) is 46.7 Å². The Morgan fingerprint density at radius 2 is 2.38 bits per heavy atom. The highest BCUT2D eigenvalue weighted by Gasteiger charge is 2.26. The molecule has 0 saturated carbocycles. The van der Waals surface area contributed by atoms with Crippen molar-refractivity contribution in [3.63, 3.8) is 0 Å². The van der Waals surface area contributed by atoms with Gasteiger partial charge in [0.05, 0.1) is 6.04 Å². The Morgan fingerprint density at radius 3 is 3.29 bits per heavy atom. The standard InChI is InChI=1S/C15H18N4OS/c1-19-6-7-21-9-13(19)14-17-15(20-18-14)11-2-3-12-10(8-11)4-5-16-12/h2-3,8,13,16H,4-7,9H2,1H3. The van der Waals surface area contributed by atoms with E-state index in [1.54, 1.807) is 0 Å². The highest BCUT2D eigenvalue weighted by atomic mass is 32.2. The molecule has 1 unspecified atom stereocenters. The number of benzene rings is 1. The van der Waals surface area contributed by atoms with E-state index in [9.17, 15) is 0 Å². The average molecular weight is 302 g/mol. The van der Waals surface area contributed by atoms with Gasteiger partial charge in [0.15, 0.2) is 5.82 Å². The smallest absolute Gasteiger partial charge is 0.257 e. The summed E-state index contributed by atoms with van der Waals surface area (Å²) in [6.45, 7) is 2.09. The maximum Gasteiger partial charge on any atom is 0.257 e. The van der Waals surface area contributed by atoms with Crippen LogP contribution in [0.3, 0.4) is 0 Å². The fourth-order valence-electron chi connectivity index (χ4n) is 2.88. The average Bonchev–Trinajstić information content (AvgIpc) is 3.16. The van der Waals surface area contributed by atoms with Crippen molar-refractivity contribution in [3.05, 3.63) is 29.6 Å². The number of aromatic nitrogens is 2. The predicted octanol–water partition coefficient (Wildman–Crippen LogP) is 2.42. The summed E-state index contributed by atoms with van der Waals surface area (Å²) in [5.41, 5.74) is 3.57. The molecule has 1 N–H and O–H groups in total. The first-order valence-corrected chi connectivity index (χ1v) is 8.45. The minimum atomic E-state index is 0.261. The fourth-order valence-corrected chi connectivity index (χ4v) is 4.09. The molecule has 2 aromatic rings. The molecule has 1 aromatic heterocycles. The third-order valence-corrected chi connectivity index (χ3v) is 5.22. The zero-order valence-electron chi connectivity index (χ0n) is 12.0. The van der Waals surface area contributed by atoms with Gasteiger partial charge in [-0.15, -0.1) is 0 Å². The number of hydrogen-bond donors (Lipinski definition) is 1. The van der Waals surface area contributed by atoms with Crippen LogP contribution < -0.4 is 5.32 Å². The monoisotopic (exact) mass is 302 g/mol. The van der Waals surface area contributed by atoms with Gasteiger partial charge in [-0.2, -0.15) is 16.7 Å². The molecule has 0 aliphatic carbocycles. The molecule has 1 atom stereocenters. The van der Waals surface area contributed by atoms with Gasteiger partial charge in [-0.05, 0) is 37.2 Å². The van der Waals surface area contributed by atoms with Crippen LogP contribution in [0.5, 0.6) is 0 Å². The lowest BCUT2D eigenvalue weighted by Gasteiger charge is -2.29. The zero-order valence-corrected chi connectivity index (χ0v) is 12.8. The van der Waals surface area contributed by atoms with Crippen LogP contribution in [0.25, 0.3) is 11.5 Å². The highest BCUT2D eigenvalue weighted by Crippen LogP contribution is 2.30. The molecule has 3 heterocycles. The zero-order chi connectivity index (χ0) is 14.2. The number of hydrogen-bond acceptors (Lipinski definition) is 6. The molecule has 0 spiro atoms. The summed E-state index contributed by atoms with van der Waals surface area (Å²) in [4.78, 5) is 6.93. The van der Waals surface area contributed by atoms with Gasteiger partial charge in [-0.1, -0.05) is 5.16 Å². The first-order chi connectivity index (χ1) is 10.3. The number of rotatable bonds is 2. The number of fused-ring (bicyclic) bond motifs is 1. The fraction of sp³-hybridized carbons (Fsp3) is 0.467. The minimum absolute atomic E-state index is 0.261. The number of anilines is 1. The Kier molecular flexibility index (Phi) is 3.35. The Hall–Kier alpha value is -1.53. The lowest BCUT2D eigenvalue weighted by Crippen LogP contribution is -2.33. The van der Waals surface area contributed by atoms with E-state index in [4.69, 9.17) is 4.52 Å². The van der Waals surface area contributed by atoms with Gasteiger partial charge in [-0.3, -0.25) is 4.90 Å². The van der Waals surface area contributed by atoms with Crippen molar-refractivity contribution in [1.82, 2.24) is 15.0 Å². The van der Waals surface area contributed by atoms with Crippen LogP contribution >= 0.6 is 11.8 Å². The molecule has 1 aromatic carbocycles. The maximum absolute atomic E-state index is 5.49. The molecule has 1 fully saturated rings. The van der Waals surface area contributed by atoms with Gasteiger partial charge < -0.3 is 9.84 Å². The van der Waals surface area contributed by atoms with E-state index in [1.807, 2.05) is 17.8 Å². The topological polar surface area (TPSA) is 54.2 Å². The van der Waals surface area contributed by atoms with E-state index in [-0.39, 0.29) is 6.04 Å². The summed E-state index contributed by atoms with van der Waals surface area (Å²) < 4.78 is 5.49. The number of nitrogens with one attached hydrogen (secondary N) is 1. The summed E-state index contributed by atoms with van der Waals surface area (Å²) >= 11 is 1.95. The van der Waals surface area contributed by atoms with Crippen molar-refractivity contribution in [1.29, 1.82) is 0 Å². The van der Waals surface area contributed by atoms with Crippen LogP contribution in [0, 0.1) is 0 Å². The molecule has 0 radical (unpaired) electrons. The van der Waals surface area contributed by atoms with Crippen LogP contribution in [0.4, 0.5) is 5.69 Å². The molecule has 6 heteroatoms. The molecule has 1 saturated heterocycles. The summed E-state index contributed by atoms with van der Waals surface area (Å²) in [7, 11) is 2.13. The molecule has 21 heavy (non-hydrogen) atoms. The van der Waals surface area contributed by atoms with E-state index in [2.05, 4.69) is 39.5 Å². The first kappa shape index (κ1) is 13.2. The van der Waals surface area contributed by atoms with Gasteiger partial charge in [0.2, 0.25) is 0 Å². The van der Waals surface area contributed by atoms with Crippen molar-refractivity contribution < 1.29 is 4.52 Å². The van der Waals surface area contributed by atoms with Crippen LogP contribution in [0.2, 0.25) is 0 Å². The second-order valence-electron chi connectivity index (χ2n) is 5.58. The third-order valence-electron chi connectivity index (χ3n) is 4.20. The Morgan fingerprint density at radius 1 is 1.43 bits per heavy atom. The molecular weight excluding hydrogens is 284 g/mol. The number of nitrogens with zero attached hydrogens (tertiary/aromatic N) is 3. The van der Waals surface area contributed by atoms with Gasteiger partial charge in [0.1, 0.15) is 0 Å².